The molecule has 0 fully saturated rings. The van der Waals surface area contributed by atoms with Gasteiger partial charge in [0.25, 0.3) is 11.7 Å². The molecule has 0 aliphatic carbocycles. The van der Waals surface area contributed by atoms with Crippen LogP contribution in [0.2, 0.25) is 0 Å². The van der Waals surface area contributed by atoms with E-state index in [0.717, 1.165) is 12.1 Å². The molecule has 0 spiro atoms. The van der Waals surface area contributed by atoms with Gasteiger partial charge in [-0.3, -0.25) is 14.6 Å². The van der Waals surface area contributed by atoms with Crippen LogP contribution in [0, 0.1) is 11.6 Å². The van der Waals surface area contributed by atoms with Crippen molar-refractivity contribution in [2.75, 3.05) is 19.5 Å². The van der Waals surface area contributed by atoms with Gasteiger partial charge in [0.05, 0.1) is 41.9 Å². The van der Waals surface area contributed by atoms with Gasteiger partial charge in [-0.2, -0.15) is 0 Å². The molecule has 0 radical (unpaired) electrons. The maximum absolute atomic E-state index is 14.9. The number of pyridine rings is 1. The molecule has 9 nitrogen and oxygen atoms in total. The second kappa shape index (κ2) is 10.1. The first-order valence-electron chi connectivity index (χ1n) is 11.1. The third-order valence-corrected chi connectivity index (χ3v) is 5.65. The van der Waals surface area contributed by atoms with Gasteiger partial charge < -0.3 is 19.5 Å². The smallest absolute Gasteiger partial charge is 0.297 e. The molecule has 1 amide bonds. The number of nitrogens with one attached hydrogen (secondary N) is 1. The number of benzene rings is 3. The molecule has 0 unspecified atom stereocenters. The zero-order chi connectivity index (χ0) is 26.8. The van der Waals surface area contributed by atoms with E-state index in [2.05, 4.69) is 20.3 Å². The zero-order valence-corrected chi connectivity index (χ0v) is 20.0. The molecule has 0 aliphatic heterocycles. The molecule has 1 N–H and O–H groups in total. The Kier molecular flexibility index (Phi) is 6.48. The molecule has 5 aromatic rings. The fourth-order valence-corrected chi connectivity index (χ4v) is 3.88. The summed E-state index contributed by atoms with van der Waals surface area (Å²) < 4.78 is 46.0. The second-order valence-electron chi connectivity index (χ2n) is 7.93. The summed E-state index contributed by atoms with van der Waals surface area (Å²) in [5.74, 6) is -4.71. The number of ketones is 1. The molecule has 0 saturated carbocycles. The Morgan fingerprint density at radius 1 is 0.868 bits per heavy atom. The lowest BCUT2D eigenvalue weighted by molar-refractivity contribution is -0.112. The number of methoxy groups -OCH3 is 2. The lowest BCUT2D eigenvalue weighted by Crippen LogP contribution is -2.25. The highest BCUT2D eigenvalue weighted by molar-refractivity contribution is 6.47. The largest absolute Gasteiger partial charge is 0.493 e. The fourth-order valence-electron chi connectivity index (χ4n) is 3.88. The first-order valence-corrected chi connectivity index (χ1v) is 11.1. The normalized spacial score (nSPS) is 10.8. The van der Waals surface area contributed by atoms with Crippen LogP contribution in [0.4, 0.5) is 14.5 Å². The molecular formula is C27H18F2N4O5. The first kappa shape index (κ1) is 24.5. The number of Topliss-reactive ketones (excluding diaryl/α,β-unsaturated/α-hetero) is 1. The molecule has 3 aromatic carbocycles. The van der Waals surface area contributed by atoms with Crippen LogP contribution in [-0.4, -0.2) is 40.9 Å². The third kappa shape index (κ3) is 4.52. The number of fused-ring (bicyclic) bond motifs is 2. The Labute approximate surface area is 214 Å². The van der Waals surface area contributed by atoms with Crippen LogP contribution < -0.4 is 19.5 Å². The lowest BCUT2D eigenvalue weighted by Gasteiger charge is -2.12. The van der Waals surface area contributed by atoms with Crippen molar-refractivity contribution in [3.63, 3.8) is 0 Å². The Hall–Kier alpha value is -5.19. The van der Waals surface area contributed by atoms with E-state index >= 15 is 0 Å². The van der Waals surface area contributed by atoms with E-state index in [4.69, 9.17) is 14.2 Å². The molecule has 38 heavy (non-hydrogen) atoms. The van der Waals surface area contributed by atoms with E-state index in [1.807, 2.05) is 0 Å². The molecular weight excluding hydrogens is 498 g/mol. The highest BCUT2D eigenvalue weighted by Crippen LogP contribution is 2.36. The number of ether oxygens (including phenoxy) is 3. The summed E-state index contributed by atoms with van der Waals surface area (Å²) in [6.45, 7) is 0. The average molecular weight is 516 g/mol. The van der Waals surface area contributed by atoms with Gasteiger partial charge in [0.2, 0.25) is 5.88 Å². The molecule has 11 heteroatoms. The Balaban J connectivity index is 1.43. The van der Waals surface area contributed by atoms with Gasteiger partial charge in [-0.05, 0) is 18.2 Å². The maximum Gasteiger partial charge on any atom is 0.297 e. The number of nitrogens with zero attached hydrogens (tertiary/aromatic N) is 3. The van der Waals surface area contributed by atoms with Crippen molar-refractivity contribution in [2.45, 2.75) is 0 Å². The van der Waals surface area contributed by atoms with Gasteiger partial charge in [-0.25, -0.2) is 18.7 Å². The number of hydrogen-bond donors (Lipinski definition) is 1. The fraction of sp³-hybridized carbons (Fsp3) is 0.0741. The van der Waals surface area contributed by atoms with Gasteiger partial charge in [0, 0.05) is 29.8 Å². The van der Waals surface area contributed by atoms with Crippen molar-refractivity contribution in [3.05, 3.63) is 84.3 Å². The number of carbonyl (C=O) groups excluding carboxylic acids is 2. The van der Waals surface area contributed by atoms with E-state index in [-0.39, 0.29) is 17.3 Å². The summed E-state index contributed by atoms with van der Waals surface area (Å²) in [6, 6.07) is 13.2. The maximum atomic E-state index is 14.9. The van der Waals surface area contributed by atoms with Crippen LogP contribution in [0.25, 0.3) is 21.8 Å². The summed E-state index contributed by atoms with van der Waals surface area (Å²) in [5, 5.41) is 3.47. The number of halogens is 2. The van der Waals surface area contributed by atoms with E-state index in [1.165, 1.54) is 32.8 Å². The molecule has 0 saturated heterocycles. The Morgan fingerprint density at radius 2 is 1.58 bits per heavy atom. The molecule has 0 bridgehead atoms. The molecule has 2 heterocycles. The van der Waals surface area contributed by atoms with Crippen LogP contribution in [0.3, 0.4) is 0 Å². The number of amides is 1. The summed E-state index contributed by atoms with van der Waals surface area (Å²) in [4.78, 5) is 37.7. The van der Waals surface area contributed by atoms with Crippen molar-refractivity contribution in [3.8, 4) is 23.1 Å². The minimum absolute atomic E-state index is 0.0185. The minimum atomic E-state index is -1.40. The van der Waals surface area contributed by atoms with Crippen molar-refractivity contribution in [1.29, 1.82) is 0 Å². The second-order valence-corrected chi connectivity index (χ2v) is 7.93. The predicted molar refractivity (Wildman–Crippen MR) is 134 cm³/mol. The summed E-state index contributed by atoms with van der Waals surface area (Å²) >= 11 is 0. The number of para-hydroxylation sites is 1. The topological polar surface area (TPSA) is 113 Å². The lowest BCUT2D eigenvalue weighted by atomic mass is 10.1. The van der Waals surface area contributed by atoms with Crippen LogP contribution >= 0.6 is 0 Å². The molecule has 0 atom stereocenters. The number of hydrogen-bond acceptors (Lipinski definition) is 8. The van der Waals surface area contributed by atoms with Crippen LogP contribution in [0.15, 0.2) is 67.1 Å². The SMILES string of the molecule is COc1cc2ncnc(Oc3cc(F)c(C(=O)C(=O)Nc4cccc5cccnc45)c(F)c3)c2cc1OC. The van der Waals surface area contributed by atoms with Crippen LogP contribution in [-0.2, 0) is 4.79 Å². The van der Waals surface area contributed by atoms with Crippen LogP contribution in [0.1, 0.15) is 10.4 Å². The highest BCUT2D eigenvalue weighted by atomic mass is 19.1. The quantitative estimate of drug-likeness (QED) is 0.235. The van der Waals surface area contributed by atoms with E-state index in [9.17, 15) is 18.4 Å². The summed E-state index contributed by atoms with van der Waals surface area (Å²) in [7, 11) is 2.91. The highest BCUT2D eigenvalue weighted by Gasteiger charge is 2.26. The van der Waals surface area contributed by atoms with Gasteiger partial charge in [-0.1, -0.05) is 18.2 Å². The van der Waals surface area contributed by atoms with Crippen LogP contribution in [0.5, 0.6) is 23.1 Å². The molecule has 190 valence electrons. The number of aromatic nitrogens is 3. The van der Waals surface area contributed by atoms with Crippen molar-refractivity contribution >= 4 is 39.2 Å². The van der Waals surface area contributed by atoms with Gasteiger partial charge in [0.15, 0.2) is 11.5 Å². The zero-order valence-electron chi connectivity index (χ0n) is 20.0. The van der Waals surface area contributed by atoms with Crippen molar-refractivity contribution in [1.82, 2.24) is 15.0 Å². The minimum Gasteiger partial charge on any atom is -0.493 e. The third-order valence-electron chi connectivity index (χ3n) is 5.65. The summed E-state index contributed by atoms with van der Waals surface area (Å²) in [5.41, 5.74) is 0.0547. The molecule has 0 aliphatic rings. The van der Waals surface area contributed by atoms with Gasteiger partial charge in [0.1, 0.15) is 23.7 Å². The first-order chi connectivity index (χ1) is 18.4. The Morgan fingerprint density at radius 3 is 2.32 bits per heavy atom. The van der Waals surface area contributed by atoms with Gasteiger partial charge >= 0.3 is 0 Å². The van der Waals surface area contributed by atoms with E-state index in [0.29, 0.717) is 33.3 Å². The van der Waals surface area contributed by atoms with E-state index < -0.39 is 28.9 Å². The Bertz CT molecular complexity index is 1700. The standard InChI is InChI=1S/C27H18F2N4O5/c1-36-21-11-16-20(12-22(21)37-2)31-13-32-27(16)38-15-9-17(28)23(18(29)10-15)25(34)26(35)33-19-7-3-5-14-6-4-8-30-24(14)19/h3-13H,1-2H3,(H,33,35). The van der Waals surface area contributed by atoms with E-state index in [1.54, 1.807) is 36.4 Å². The van der Waals surface area contributed by atoms with Gasteiger partial charge in [-0.15, -0.1) is 0 Å². The number of rotatable bonds is 7. The van der Waals surface area contributed by atoms with Crippen molar-refractivity contribution < 1.29 is 32.6 Å². The summed E-state index contributed by atoms with van der Waals surface area (Å²) in [6.07, 6.45) is 2.73. The molecule has 2 aromatic heterocycles. The molecule has 5 rings (SSSR count). The van der Waals surface area contributed by atoms with Crippen molar-refractivity contribution in [2.24, 2.45) is 0 Å². The predicted octanol–water partition coefficient (Wildman–Crippen LogP) is 5.09. The number of anilines is 1. The monoisotopic (exact) mass is 516 g/mol. The number of carbonyl (C=O) groups is 2. The average Bonchev–Trinajstić information content (AvgIpc) is 2.92.